The Bertz CT molecular complexity index is 699. The summed E-state index contributed by atoms with van der Waals surface area (Å²) in [5.41, 5.74) is 2.00. The van der Waals surface area contributed by atoms with Crippen LogP contribution >= 0.6 is 11.3 Å². The zero-order valence-electron chi connectivity index (χ0n) is 13.8. The van der Waals surface area contributed by atoms with Crippen molar-refractivity contribution in [2.24, 2.45) is 0 Å². The highest BCUT2D eigenvalue weighted by atomic mass is 32.1. The van der Waals surface area contributed by atoms with Crippen LogP contribution in [0.2, 0.25) is 0 Å². The van der Waals surface area contributed by atoms with Gasteiger partial charge in [-0.2, -0.15) is 0 Å². The molecular formula is C18H22FN3OS. The molecule has 0 saturated heterocycles. The quantitative estimate of drug-likeness (QED) is 0.787. The van der Waals surface area contributed by atoms with Crippen LogP contribution < -0.4 is 10.6 Å². The molecule has 24 heavy (non-hydrogen) atoms. The summed E-state index contributed by atoms with van der Waals surface area (Å²) in [6.45, 7) is 0.846. The first-order chi connectivity index (χ1) is 11.7. The number of hydrogen-bond acceptors (Lipinski definition) is 4. The van der Waals surface area contributed by atoms with Crippen molar-refractivity contribution in [1.82, 2.24) is 15.6 Å². The van der Waals surface area contributed by atoms with E-state index in [1.54, 1.807) is 23.5 Å². The zero-order valence-corrected chi connectivity index (χ0v) is 14.6. The minimum atomic E-state index is -0.244. The van der Waals surface area contributed by atoms with Gasteiger partial charge in [-0.25, -0.2) is 9.37 Å². The normalized spacial score (nSPS) is 16.7. The molecule has 2 N–H and O–H groups in total. The molecular weight excluding hydrogens is 325 g/mol. The van der Waals surface area contributed by atoms with E-state index in [2.05, 4.69) is 10.6 Å². The van der Waals surface area contributed by atoms with E-state index >= 15 is 0 Å². The molecule has 0 bridgehead atoms. The van der Waals surface area contributed by atoms with Crippen LogP contribution in [-0.2, 0) is 11.2 Å². The number of nitrogens with one attached hydrogen (secondary N) is 2. The average molecular weight is 347 g/mol. The molecule has 2 aromatic rings. The summed E-state index contributed by atoms with van der Waals surface area (Å²) in [5.74, 6) is -0.147. The number of rotatable bonds is 6. The Morgan fingerprint density at radius 2 is 2.17 bits per heavy atom. The summed E-state index contributed by atoms with van der Waals surface area (Å²) >= 11 is 1.61. The Morgan fingerprint density at radius 1 is 1.38 bits per heavy atom. The Balaban J connectivity index is 1.73. The molecule has 0 fully saturated rings. The summed E-state index contributed by atoms with van der Waals surface area (Å²) in [6, 6.07) is 6.48. The van der Waals surface area contributed by atoms with Crippen molar-refractivity contribution in [3.05, 3.63) is 40.7 Å². The van der Waals surface area contributed by atoms with E-state index in [4.69, 9.17) is 4.98 Å². The molecule has 6 heteroatoms. The SMILES string of the molecule is CNCCCC(=O)NC1CCCc2nc(-c3ccc(F)cc3)sc21. The number of aryl methyl sites for hydroxylation is 1. The number of thiazole rings is 1. The van der Waals surface area contributed by atoms with Gasteiger partial charge in [0.05, 0.1) is 16.6 Å². The fraction of sp³-hybridized carbons (Fsp3) is 0.444. The summed E-state index contributed by atoms with van der Waals surface area (Å²) < 4.78 is 13.1. The van der Waals surface area contributed by atoms with Crippen molar-refractivity contribution >= 4 is 17.2 Å². The van der Waals surface area contributed by atoms with Gasteiger partial charge in [0.15, 0.2) is 0 Å². The third kappa shape index (κ3) is 3.99. The molecule has 0 spiro atoms. The summed E-state index contributed by atoms with van der Waals surface area (Å²) in [4.78, 5) is 18.0. The minimum absolute atomic E-state index is 0.0579. The molecule has 0 aliphatic heterocycles. The van der Waals surface area contributed by atoms with Crippen LogP contribution in [0, 0.1) is 5.82 Å². The van der Waals surface area contributed by atoms with Crippen LogP contribution in [0.5, 0.6) is 0 Å². The van der Waals surface area contributed by atoms with Gasteiger partial charge in [-0.1, -0.05) is 0 Å². The second-order valence-electron chi connectivity index (χ2n) is 6.06. The number of hydrogen-bond donors (Lipinski definition) is 2. The maximum Gasteiger partial charge on any atom is 0.220 e. The maximum absolute atomic E-state index is 13.1. The third-order valence-electron chi connectivity index (χ3n) is 4.21. The number of nitrogens with zero attached hydrogens (tertiary/aromatic N) is 1. The van der Waals surface area contributed by atoms with Crippen molar-refractivity contribution in [2.75, 3.05) is 13.6 Å². The molecule has 1 atom stereocenters. The Kier molecular flexibility index (Phi) is 5.58. The number of fused-ring (bicyclic) bond motifs is 1. The van der Waals surface area contributed by atoms with Gasteiger partial charge >= 0.3 is 0 Å². The van der Waals surface area contributed by atoms with Gasteiger partial charge in [0.2, 0.25) is 5.91 Å². The van der Waals surface area contributed by atoms with Gasteiger partial charge in [0.25, 0.3) is 0 Å². The van der Waals surface area contributed by atoms with Crippen LogP contribution in [0.25, 0.3) is 10.6 Å². The molecule has 4 nitrogen and oxygen atoms in total. The number of aromatic nitrogens is 1. The van der Waals surface area contributed by atoms with Gasteiger partial charge in [-0.3, -0.25) is 4.79 Å². The predicted molar refractivity (Wildman–Crippen MR) is 94.5 cm³/mol. The largest absolute Gasteiger partial charge is 0.348 e. The number of amides is 1. The first kappa shape index (κ1) is 17.0. The van der Waals surface area contributed by atoms with Crippen molar-refractivity contribution < 1.29 is 9.18 Å². The van der Waals surface area contributed by atoms with Crippen LogP contribution in [0.15, 0.2) is 24.3 Å². The second-order valence-corrected chi connectivity index (χ2v) is 7.09. The average Bonchev–Trinajstić information content (AvgIpc) is 3.01. The highest BCUT2D eigenvalue weighted by Gasteiger charge is 2.26. The fourth-order valence-electron chi connectivity index (χ4n) is 2.97. The molecule has 1 unspecified atom stereocenters. The smallest absolute Gasteiger partial charge is 0.220 e. The Morgan fingerprint density at radius 3 is 2.92 bits per heavy atom. The minimum Gasteiger partial charge on any atom is -0.348 e. The van der Waals surface area contributed by atoms with Gasteiger partial charge in [0, 0.05) is 12.0 Å². The Labute approximate surface area is 145 Å². The topological polar surface area (TPSA) is 54.0 Å². The van der Waals surface area contributed by atoms with Gasteiger partial charge < -0.3 is 10.6 Å². The van der Waals surface area contributed by atoms with Crippen LogP contribution in [0.3, 0.4) is 0 Å². The van der Waals surface area contributed by atoms with E-state index in [-0.39, 0.29) is 17.8 Å². The molecule has 1 aromatic heterocycles. The van der Waals surface area contributed by atoms with E-state index in [9.17, 15) is 9.18 Å². The predicted octanol–water partition coefficient (Wildman–Crippen LogP) is 3.44. The van der Waals surface area contributed by atoms with Crippen molar-refractivity contribution in [3.63, 3.8) is 0 Å². The maximum atomic E-state index is 13.1. The van der Waals surface area contributed by atoms with E-state index < -0.39 is 0 Å². The number of benzene rings is 1. The lowest BCUT2D eigenvalue weighted by molar-refractivity contribution is -0.122. The van der Waals surface area contributed by atoms with Crippen molar-refractivity contribution in [1.29, 1.82) is 0 Å². The zero-order chi connectivity index (χ0) is 16.9. The van der Waals surface area contributed by atoms with E-state index in [0.717, 1.165) is 53.4 Å². The highest BCUT2D eigenvalue weighted by molar-refractivity contribution is 7.15. The van der Waals surface area contributed by atoms with E-state index in [0.29, 0.717) is 6.42 Å². The molecule has 1 heterocycles. The molecule has 0 radical (unpaired) electrons. The highest BCUT2D eigenvalue weighted by Crippen LogP contribution is 2.38. The third-order valence-corrected chi connectivity index (χ3v) is 5.47. The molecule has 1 aliphatic rings. The summed E-state index contributed by atoms with van der Waals surface area (Å²) in [5, 5.41) is 7.10. The number of carbonyl (C=O) groups is 1. The van der Waals surface area contributed by atoms with Crippen LogP contribution in [-0.4, -0.2) is 24.5 Å². The lowest BCUT2D eigenvalue weighted by Crippen LogP contribution is -2.30. The molecule has 1 amide bonds. The number of carbonyl (C=O) groups excluding carboxylic acids is 1. The fourth-order valence-corrected chi connectivity index (χ4v) is 4.17. The van der Waals surface area contributed by atoms with Gasteiger partial charge in [-0.15, -0.1) is 11.3 Å². The van der Waals surface area contributed by atoms with Gasteiger partial charge in [-0.05, 0) is 63.5 Å². The molecule has 3 rings (SSSR count). The lowest BCUT2D eigenvalue weighted by Gasteiger charge is -2.22. The molecule has 0 saturated carbocycles. The standard InChI is InChI=1S/C18H22FN3OS/c1-20-11-3-6-16(23)21-14-4-2-5-15-17(14)24-18(22-15)12-7-9-13(19)10-8-12/h7-10,14,20H,2-6,11H2,1H3,(H,21,23). The number of halogens is 1. The second kappa shape index (κ2) is 7.85. The van der Waals surface area contributed by atoms with Crippen LogP contribution in [0.4, 0.5) is 4.39 Å². The van der Waals surface area contributed by atoms with E-state index in [1.807, 2.05) is 7.05 Å². The molecule has 1 aliphatic carbocycles. The monoisotopic (exact) mass is 347 g/mol. The Hall–Kier alpha value is -1.79. The molecule has 128 valence electrons. The first-order valence-corrected chi connectivity index (χ1v) is 9.18. The summed E-state index contributed by atoms with van der Waals surface area (Å²) in [6.07, 6.45) is 4.30. The summed E-state index contributed by atoms with van der Waals surface area (Å²) in [7, 11) is 1.89. The molecule has 1 aromatic carbocycles. The lowest BCUT2D eigenvalue weighted by atomic mass is 9.98. The first-order valence-electron chi connectivity index (χ1n) is 8.37. The van der Waals surface area contributed by atoms with Gasteiger partial charge in [0.1, 0.15) is 10.8 Å². The van der Waals surface area contributed by atoms with Crippen molar-refractivity contribution in [2.45, 2.75) is 38.1 Å². The van der Waals surface area contributed by atoms with E-state index in [1.165, 1.54) is 12.1 Å². The van der Waals surface area contributed by atoms with Crippen molar-refractivity contribution in [3.8, 4) is 10.6 Å². The van der Waals surface area contributed by atoms with Crippen LogP contribution in [0.1, 0.15) is 42.3 Å².